The molecular weight excluding hydrogens is 649 g/mol. The highest BCUT2D eigenvalue weighted by molar-refractivity contribution is 5.92. The molecule has 1 fully saturated rings. The molecule has 1 unspecified atom stereocenters. The van der Waals surface area contributed by atoms with Crippen molar-refractivity contribution in [3.05, 3.63) is 99.9 Å². The van der Waals surface area contributed by atoms with E-state index in [0.29, 0.717) is 21.8 Å². The van der Waals surface area contributed by atoms with Gasteiger partial charge in [0.25, 0.3) is 12.3 Å². The number of carbonyl (C=O) groups excluding carboxylic acids is 2. The number of methoxy groups -OCH3 is 1. The van der Waals surface area contributed by atoms with Gasteiger partial charge < -0.3 is 10.1 Å². The first kappa shape index (κ1) is 31.3. The highest BCUT2D eigenvalue weighted by Crippen LogP contribution is 2.68. The van der Waals surface area contributed by atoms with Crippen molar-refractivity contribution in [1.29, 1.82) is 0 Å². The van der Waals surface area contributed by atoms with Gasteiger partial charge in [0.2, 0.25) is 5.91 Å². The Morgan fingerprint density at radius 2 is 1.83 bits per heavy atom. The molecule has 3 atom stereocenters. The maximum Gasteiger partial charge on any atom is 0.340 e. The molecule has 0 bridgehead atoms. The van der Waals surface area contributed by atoms with Gasteiger partial charge in [0.1, 0.15) is 40.9 Å². The predicted octanol–water partition coefficient (Wildman–Crippen LogP) is 6.27. The highest BCUT2D eigenvalue weighted by atomic mass is 19.3. The Hall–Kier alpha value is -5.28. The molecule has 0 saturated heterocycles. The number of alkyl halides is 4. The molecule has 48 heavy (non-hydrogen) atoms. The van der Waals surface area contributed by atoms with E-state index in [4.69, 9.17) is 0 Å². The molecule has 0 aliphatic heterocycles. The van der Waals surface area contributed by atoms with Crippen molar-refractivity contribution in [2.75, 3.05) is 7.11 Å². The van der Waals surface area contributed by atoms with Crippen LogP contribution in [-0.4, -0.2) is 43.9 Å². The van der Waals surface area contributed by atoms with E-state index in [0.717, 1.165) is 25.3 Å². The SMILES string of the molecule is COC(=O)c1cc(-c2cc3[nH]ncc3nc2C(Cc2cc(F)cc(F)c2)NC(=O)Cn2nc(C(F)F)c3c2C(F)(F)[C@@H]2C[C@H]32)ccc1F. The number of aromatic amines is 1. The molecule has 1 saturated carbocycles. The minimum atomic E-state index is -3.47. The number of amides is 1. The van der Waals surface area contributed by atoms with E-state index in [-0.39, 0.29) is 40.8 Å². The van der Waals surface area contributed by atoms with E-state index < -0.39 is 83.0 Å². The van der Waals surface area contributed by atoms with Gasteiger partial charge in [-0.3, -0.25) is 14.6 Å². The predicted molar refractivity (Wildman–Crippen MR) is 153 cm³/mol. The molecular formula is C32H23F7N6O3. The van der Waals surface area contributed by atoms with Crippen molar-refractivity contribution in [2.45, 2.75) is 43.7 Å². The Balaban J connectivity index is 1.32. The smallest absolute Gasteiger partial charge is 0.340 e. The topological polar surface area (TPSA) is 115 Å². The summed E-state index contributed by atoms with van der Waals surface area (Å²) in [7, 11) is 1.07. The van der Waals surface area contributed by atoms with Gasteiger partial charge in [-0.05, 0) is 60.2 Å². The van der Waals surface area contributed by atoms with Crippen LogP contribution >= 0.6 is 0 Å². The molecule has 2 N–H and O–H groups in total. The third-order valence-electron chi connectivity index (χ3n) is 8.62. The zero-order valence-corrected chi connectivity index (χ0v) is 24.7. The quantitative estimate of drug-likeness (QED) is 0.141. The third kappa shape index (κ3) is 5.34. The Morgan fingerprint density at radius 1 is 1.08 bits per heavy atom. The van der Waals surface area contributed by atoms with Crippen LogP contribution in [0.3, 0.4) is 0 Å². The second kappa shape index (κ2) is 11.5. The summed E-state index contributed by atoms with van der Waals surface area (Å²) in [5, 5.41) is 13.0. The molecule has 3 heterocycles. The zero-order valence-electron chi connectivity index (χ0n) is 24.7. The van der Waals surface area contributed by atoms with Gasteiger partial charge in [0.15, 0.2) is 0 Å². The Labute approximate surface area is 266 Å². The maximum absolute atomic E-state index is 15.2. The first-order valence-corrected chi connectivity index (χ1v) is 14.6. The molecule has 9 nitrogen and oxygen atoms in total. The largest absolute Gasteiger partial charge is 0.465 e. The van der Waals surface area contributed by atoms with Crippen molar-refractivity contribution < 1.29 is 45.1 Å². The van der Waals surface area contributed by atoms with Crippen molar-refractivity contribution >= 4 is 22.9 Å². The fourth-order valence-electron chi connectivity index (χ4n) is 6.48. The number of carbonyl (C=O) groups is 2. The van der Waals surface area contributed by atoms with Crippen LogP contribution in [0.4, 0.5) is 30.7 Å². The first-order valence-electron chi connectivity index (χ1n) is 14.6. The lowest BCUT2D eigenvalue weighted by atomic mass is 9.94. The van der Waals surface area contributed by atoms with Gasteiger partial charge in [-0.15, -0.1) is 0 Å². The van der Waals surface area contributed by atoms with Gasteiger partial charge in [0, 0.05) is 23.1 Å². The monoisotopic (exact) mass is 672 g/mol. The van der Waals surface area contributed by atoms with E-state index in [2.05, 4.69) is 30.3 Å². The molecule has 2 aliphatic rings. The number of pyridine rings is 1. The molecule has 0 spiro atoms. The molecule has 16 heteroatoms. The first-order chi connectivity index (χ1) is 22.8. The number of ether oxygens (including phenoxy) is 1. The molecule has 2 aliphatic carbocycles. The minimum absolute atomic E-state index is 0.0376. The van der Waals surface area contributed by atoms with Gasteiger partial charge >= 0.3 is 5.97 Å². The summed E-state index contributed by atoms with van der Waals surface area (Å²) < 4.78 is 106. The van der Waals surface area contributed by atoms with Gasteiger partial charge in [-0.25, -0.2) is 31.7 Å². The fourth-order valence-corrected chi connectivity index (χ4v) is 6.48. The van der Waals surface area contributed by atoms with Crippen molar-refractivity contribution in [1.82, 2.24) is 30.3 Å². The maximum atomic E-state index is 15.2. The zero-order chi connectivity index (χ0) is 34.1. The van der Waals surface area contributed by atoms with Gasteiger partial charge in [-0.1, -0.05) is 6.07 Å². The van der Waals surface area contributed by atoms with Crippen LogP contribution in [-0.2, 0) is 28.4 Å². The summed E-state index contributed by atoms with van der Waals surface area (Å²) in [6, 6.07) is 6.53. The van der Waals surface area contributed by atoms with Crippen LogP contribution < -0.4 is 5.32 Å². The molecule has 7 rings (SSSR count). The number of hydrogen-bond acceptors (Lipinski definition) is 6. The lowest BCUT2D eigenvalue weighted by Crippen LogP contribution is -2.35. The molecule has 5 aromatic rings. The summed E-state index contributed by atoms with van der Waals surface area (Å²) >= 11 is 0. The number of hydrogen-bond donors (Lipinski definition) is 2. The number of rotatable bonds is 9. The number of H-pyrrole nitrogens is 1. The second-order valence-electron chi connectivity index (χ2n) is 11.7. The summed E-state index contributed by atoms with van der Waals surface area (Å²) in [6.07, 6.45) is -2.04. The number of nitrogens with one attached hydrogen (secondary N) is 2. The number of aromatic nitrogens is 5. The van der Waals surface area contributed by atoms with Crippen molar-refractivity contribution in [3.8, 4) is 11.1 Å². The molecule has 3 aromatic heterocycles. The number of esters is 1. The highest BCUT2D eigenvalue weighted by Gasteiger charge is 2.67. The average molecular weight is 673 g/mol. The van der Waals surface area contributed by atoms with Crippen LogP contribution in [0.15, 0.2) is 48.7 Å². The Kier molecular flexibility index (Phi) is 7.47. The van der Waals surface area contributed by atoms with E-state index in [1.54, 1.807) is 6.07 Å². The van der Waals surface area contributed by atoms with Gasteiger partial charge in [-0.2, -0.15) is 19.0 Å². The third-order valence-corrected chi connectivity index (χ3v) is 8.62. The summed E-state index contributed by atoms with van der Waals surface area (Å²) in [5.41, 5.74) is -0.928. The number of fused-ring (bicyclic) bond motifs is 4. The van der Waals surface area contributed by atoms with E-state index in [9.17, 15) is 31.5 Å². The minimum Gasteiger partial charge on any atom is -0.465 e. The second-order valence-corrected chi connectivity index (χ2v) is 11.7. The van der Waals surface area contributed by atoms with Gasteiger partial charge in [0.05, 0.1) is 36.1 Å². The number of halogens is 7. The van der Waals surface area contributed by atoms with E-state index in [1.807, 2.05) is 0 Å². The van der Waals surface area contributed by atoms with Crippen molar-refractivity contribution in [2.24, 2.45) is 5.92 Å². The van der Waals surface area contributed by atoms with E-state index in [1.165, 1.54) is 18.3 Å². The number of nitrogens with zero attached hydrogens (tertiary/aromatic N) is 4. The van der Waals surface area contributed by atoms with Crippen LogP contribution in [0.1, 0.15) is 63.4 Å². The van der Waals surface area contributed by atoms with E-state index >= 15 is 8.78 Å². The molecule has 1 amide bonds. The summed E-state index contributed by atoms with van der Waals surface area (Å²) in [6.45, 7) is -0.885. The normalized spacial score (nSPS) is 18.1. The molecule has 2 aromatic carbocycles. The fraction of sp³-hybridized carbons (Fsp3) is 0.281. The number of benzene rings is 2. The van der Waals surface area contributed by atoms with Crippen LogP contribution in [0.5, 0.6) is 0 Å². The van der Waals surface area contributed by atoms with Crippen LogP contribution in [0, 0.1) is 23.4 Å². The summed E-state index contributed by atoms with van der Waals surface area (Å²) in [5.74, 6) is -10.0. The Bertz CT molecular complexity index is 2090. The standard InChI is InChI=1S/C32H23F7N6O3/c1-48-31(47)19-7-14(2-3-21(19)35)17-10-22-24(11-40-43-22)42-27(17)23(6-13-4-15(33)8-16(34)5-13)41-25(46)12-45-29-26(28(44-45)30(36)37)18-9-20(18)32(29,38)39/h2-5,7-8,10-11,18,20,23,30H,6,9,12H2,1H3,(H,40,43)(H,41,46)/t18-,20+,23?/m0/s1. The van der Waals surface area contributed by atoms with Crippen LogP contribution in [0.2, 0.25) is 0 Å². The molecule has 248 valence electrons. The lowest BCUT2D eigenvalue weighted by Gasteiger charge is -2.23. The van der Waals surface area contributed by atoms with Crippen LogP contribution in [0.25, 0.3) is 22.2 Å². The molecule has 0 radical (unpaired) electrons. The summed E-state index contributed by atoms with van der Waals surface area (Å²) in [4.78, 5) is 30.5. The Morgan fingerprint density at radius 3 is 2.54 bits per heavy atom. The average Bonchev–Trinajstić information content (AvgIpc) is 3.44. The lowest BCUT2D eigenvalue weighted by molar-refractivity contribution is -0.123. The van der Waals surface area contributed by atoms with Crippen molar-refractivity contribution in [3.63, 3.8) is 0 Å².